The van der Waals surface area contributed by atoms with Crippen LogP contribution in [0.2, 0.25) is 0 Å². The number of H-pyrrole nitrogens is 1. The molecule has 4 rings (SSSR count). The number of alkyl halides is 6. The average molecular weight is 597 g/mol. The lowest BCUT2D eigenvalue weighted by molar-refractivity contribution is -0.277. The molecular formula is C23H23F7N6O3S. The molecule has 1 aromatic carbocycles. The number of thioether (sulfide) groups is 1. The molecular weight excluding hydrogens is 573 g/mol. The standard InChI is InChI=1S/C23H23F7N6O3S/c1-13-10-17(38-22(25,26)27)19(20(31-13)39-23(28,29)30)34-18(37)12-36-6-4-35(5-7-36)8-9-40-21-32-15-3-2-14(24)11-16(15)33-21/h2-3,10-11H,4-9,12H2,1H3,(H,32,33)(H,34,37). The second-order valence-corrected chi connectivity index (χ2v) is 9.84. The van der Waals surface area contributed by atoms with Gasteiger partial charge in [0.25, 0.3) is 0 Å². The second-order valence-electron chi connectivity index (χ2n) is 8.76. The summed E-state index contributed by atoms with van der Waals surface area (Å²) < 4.78 is 98.0. The van der Waals surface area contributed by atoms with Crippen molar-refractivity contribution >= 4 is 34.4 Å². The number of amides is 1. The molecule has 1 saturated heterocycles. The van der Waals surface area contributed by atoms with Crippen LogP contribution in [-0.4, -0.2) is 88.4 Å². The van der Waals surface area contributed by atoms with Gasteiger partial charge in [-0.25, -0.2) is 14.4 Å². The number of pyridine rings is 1. The number of benzene rings is 1. The topological polar surface area (TPSA) is 95.6 Å². The molecule has 1 aliphatic heterocycles. The number of nitrogens with one attached hydrogen (secondary N) is 2. The number of anilines is 1. The Morgan fingerprint density at radius 1 is 1.02 bits per heavy atom. The molecule has 0 unspecified atom stereocenters. The number of rotatable bonds is 9. The Morgan fingerprint density at radius 3 is 2.38 bits per heavy atom. The molecule has 218 valence electrons. The van der Waals surface area contributed by atoms with Crippen LogP contribution >= 0.6 is 11.8 Å². The van der Waals surface area contributed by atoms with Gasteiger partial charge in [0.1, 0.15) is 11.5 Å². The van der Waals surface area contributed by atoms with E-state index in [4.69, 9.17) is 0 Å². The van der Waals surface area contributed by atoms with E-state index in [1.807, 2.05) is 5.32 Å². The van der Waals surface area contributed by atoms with E-state index < -0.39 is 35.9 Å². The minimum absolute atomic E-state index is 0.250. The van der Waals surface area contributed by atoms with E-state index in [9.17, 15) is 35.5 Å². The van der Waals surface area contributed by atoms with Crippen LogP contribution in [0.5, 0.6) is 11.6 Å². The third-order valence-electron chi connectivity index (χ3n) is 5.68. The number of aromatic amines is 1. The Bertz CT molecular complexity index is 1310. The highest BCUT2D eigenvalue weighted by atomic mass is 32.2. The molecule has 0 saturated carbocycles. The molecule has 1 aliphatic rings. The second kappa shape index (κ2) is 12.1. The van der Waals surface area contributed by atoms with E-state index in [2.05, 4.69) is 29.3 Å². The zero-order chi connectivity index (χ0) is 29.1. The molecule has 1 amide bonds. The smallest absolute Gasteiger partial charge is 0.403 e. The van der Waals surface area contributed by atoms with Crippen molar-refractivity contribution in [1.29, 1.82) is 0 Å². The SMILES string of the molecule is Cc1cc(OC(F)(F)F)c(NC(=O)CN2CCN(CCSc3nc4ccc(F)cc4[nH]3)CC2)c(OC(F)(F)F)n1. The third-order valence-corrected chi connectivity index (χ3v) is 6.53. The number of aryl methyl sites for hydroxylation is 1. The lowest BCUT2D eigenvalue weighted by atomic mass is 10.3. The molecule has 9 nitrogen and oxygen atoms in total. The predicted octanol–water partition coefficient (Wildman–Crippen LogP) is 4.55. The van der Waals surface area contributed by atoms with E-state index in [1.54, 1.807) is 11.0 Å². The number of piperazine rings is 1. The monoisotopic (exact) mass is 596 g/mol. The van der Waals surface area contributed by atoms with Crippen LogP contribution in [0.15, 0.2) is 29.4 Å². The van der Waals surface area contributed by atoms with Crippen molar-refractivity contribution < 1.29 is 45.0 Å². The number of nitrogens with zero attached hydrogens (tertiary/aromatic N) is 4. The molecule has 2 aromatic heterocycles. The Kier molecular flexibility index (Phi) is 8.94. The zero-order valence-corrected chi connectivity index (χ0v) is 21.6. The molecule has 0 bridgehead atoms. The quantitative estimate of drug-likeness (QED) is 0.275. The minimum Gasteiger partial charge on any atom is -0.403 e. The number of carbonyl (C=O) groups excluding carboxylic acids is 1. The first-order chi connectivity index (χ1) is 18.7. The molecule has 40 heavy (non-hydrogen) atoms. The van der Waals surface area contributed by atoms with Crippen molar-refractivity contribution in [2.24, 2.45) is 0 Å². The first kappa shape index (κ1) is 29.7. The van der Waals surface area contributed by atoms with Gasteiger partial charge in [0, 0.05) is 50.2 Å². The highest BCUT2D eigenvalue weighted by molar-refractivity contribution is 7.99. The Morgan fingerprint density at radius 2 is 1.70 bits per heavy atom. The van der Waals surface area contributed by atoms with E-state index in [1.165, 1.54) is 23.9 Å². The van der Waals surface area contributed by atoms with Gasteiger partial charge in [-0.3, -0.25) is 14.6 Å². The van der Waals surface area contributed by atoms with E-state index in [0.29, 0.717) is 54.7 Å². The number of aromatic nitrogens is 3. The van der Waals surface area contributed by atoms with Crippen molar-refractivity contribution in [1.82, 2.24) is 24.8 Å². The Balaban J connectivity index is 1.29. The Labute approximate surface area is 227 Å². The van der Waals surface area contributed by atoms with E-state index in [0.717, 1.165) is 13.0 Å². The minimum atomic E-state index is -5.27. The molecule has 17 heteroatoms. The number of carbonyl (C=O) groups is 1. The van der Waals surface area contributed by atoms with Gasteiger partial charge in [0.15, 0.2) is 10.9 Å². The van der Waals surface area contributed by atoms with E-state index in [-0.39, 0.29) is 18.1 Å². The summed E-state index contributed by atoms with van der Waals surface area (Å²) in [6, 6.07) is 5.03. The van der Waals surface area contributed by atoms with Gasteiger partial charge in [-0.05, 0) is 25.1 Å². The zero-order valence-electron chi connectivity index (χ0n) is 20.8. The highest BCUT2D eigenvalue weighted by Crippen LogP contribution is 2.39. The van der Waals surface area contributed by atoms with Crippen molar-refractivity contribution in [2.75, 3.05) is 50.3 Å². The molecule has 1 fully saturated rings. The number of hydrogen-bond acceptors (Lipinski definition) is 8. The lowest BCUT2D eigenvalue weighted by Gasteiger charge is -2.34. The normalized spacial score (nSPS) is 15.4. The molecule has 2 N–H and O–H groups in total. The van der Waals surface area contributed by atoms with Crippen molar-refractivity contribution in [3.05, 3.63) is 35.8 Å². The van der Waals surface area contributed by atoms with Crippen molar-refractivity contribution in [3.63, 3.8) is 0 Å². The summed E-state index contributed by atoms with van der Waals surface area (Å²) >= 11 is 1.47. The summed E-state index contributed by atoms with van der Waals surface area (Å²) in [5.41, 5.74) is 0.0330. The molecule has 3 heterocycles. The maximum Gasteiger partial charge on any atom is 0.574 e. The van der Waals surface area contributed by atoms with Crippen LogP contribution in [0.3, 0.4) is 0 Å². The van der Waals surface area contributed by atoms with Crippen LogP contribution < -0.4 is 14.8 Å². The Hall–Kier alpha value is -3.31. The third kappa shape index (κ3) is 8.59. The van der Waals surface area contributed by atoms with Gasteiger partial charge in [-0.15, -0.1) is 26.3 Å². The summed E-state index contributed by atoms with van der Waals surface area (Å²) in [5, 5.41) is 2.69. The van der Waals surface area contributed by atoms with Gasteiger partial charge in [0.05, 0.1) is 17.6 Å². The first-order valence-electron chi connectivity index (χ1n) is 11.8. The van der Waals surface area contributed by atoms with Gasteiger partial charge in [0.2, 0.25) is 11.8 Å². The number of imidazole rings is 1. The summed E-state index contributed by atoms with van der Waals surface area (Å²) in [5.74, 6) is -2.89. The molecule has 0 spiro atoms. The fraction of sp³-hybridized carbons (Fsp3) is 0.435. The summed E-state index contributed by atoms with van der Waals surface area (Å²) in [6.45, 7) is 3.59. The summed E-state index contributed by atoms with van der Waals surface area (Å²) in [6.07, 6.45) is -10.5. The number of hydrogen-bond donors (Lipinski definition) is 2. The average Bonchev–Trinajstić information content (AvgIpc) is 3.22. The summed E-state index contributed by atoms with van der Waals surface area (Å²) in [7, 11) is 0. The largest absolute Gasteiger partial charge is 0.574 e. The van der Waals surface area contributed by atoms with Crippen LogP contribution in [0.1, 0.15) is 5.69 Å². The van der Waals surface area contributed by atoms with Crippen LogP contribution in [0, 0.1) is 12.7 Å². The van der Waals surface area contributed by atoms with Crippen LogP contribution in [-0.2, 0) is 4.79 Å². The van der Waals surface area contributed by atoms with Crippen molar-refractivity contribution in [2.45, 2.75) is 24.8 Å². The molecule has 0 aliphatic carbocycles. The highest BCUT2D eigenvalue weighted by Gasteiger charge is 2.37. The van der Waals surface area contributed by atoms with Crippen molar-refractivity contribution in [3.8, 4) is 11.6 Å². The van der Waals surface area contributed by atoms with Gasteiger partial charge < -0.3 is 19.8 Å². The number of halogens is 7. The summed E-state index contributed by atoms with van der Waals surface area (Å²) in [4.78, 5) is 27.4. The van der Waals surface area contributed by atoms with Crippen LogP contribution in [0.4, 0.5) is 36.4 Å². The fourth-order valence-electron chi connectivity index (χ4n) is 3.97. The van der Waals surface area contributed by atoms with Gasteiger partial charge in [-0.2, -0.15) is 0 Å². The molecule has 0 radical (unpaired) electrons. The molecule has 3 aromatic rings. The fourth-order valence-corrected chi connectivity index (χ4v) is 4.86. The predicted molar refractivity (Wildman–Crippen MR) is 131 cm³/mol. The maximum absolute atomic E-state index is 13.3. The maximum atomic E-state index is 13.3. The first-order valence-corrected chi connectivity index (χ1v) is 12.8. The van der Waals surface area contributed by atoms with E-state index >= 15 is 0 Å². The van der Waals surface area contributed by atoms with Gasteiger partial charge >= 0.3 is 12.7 Å². The van der Waals surface area contributed by atoms with Gasteiger partial charge in [-0.1, -0.05) is 11.8 Å². The molecule has 0 atom stereocenters. The number of fused-ring (bicyclic) bond motifs is 1. The lowest BCUT2D eigenvalue weighted by Crippen LogP contribution is -2.49. The number of ether oxygens (including phenoxy) is 2. The van der Waals surface area contributed by atoms with Crippen LogP contribution in [0.25, 0.3) is 11.0 Å².